The maximum atomic E-state index is 12.2. The normalized spacial score (nSPS) is 11.6. The molecule has 0 saturated carbocycles. The zero-order valence-corrected chi connectivity index (χ0v) is 11.4. The van der Waals surface area contributed by atoms with Crippen molar-refractivity contribution in [1.29, 1.82) is 0 Å². The van der Waals surface area contributed by atoms with E-state index in [0.29, 0.717) is 16.7 Å². The van der Waals surface area contributed by atoms with Gasteiger partial charge in [-0.3, -0.25) is 0 Å². The summed E-state index contributed by atoms with van der Waals surface area (Å²) in [7, 11) is 0. The Morgan fingerprint density at radius 2 is 2.00 bits per heavy atom. The van der Waals surface area contributed by atoms with Gasteiger partial charge in [-0.25, -0.2) is 19.1 Å². The maximum Gasteiger partial charge on any atom is 0.420 e. The van der Waals surface area contributed by atoms with Gasteiger partial charge in [0.1, 0.15) is 5.60 Å². The topological polar surface area (TPSA) is 107 Å². The third-order valence-electron chi connectivity index (χ3n) is 2.45. The van der Waals surface area contributed by atoms with Crippen molar-refractivity contribution in [2.75, 3.05) is 5.73 Å². The lowest BCUT2D eigenvalue weighted by Gasteiger charge is -2.20. The second-order valence-corrected chi connectivity index (χ2v) is 5.30. The van der Waals surface area contributed by atoms with Crippen molar-refractivity contribution in [2.45, 2.75) is 26.4 Å². The summed E-state index contributed by atoms with van der Waals surface area (Å²) in [6.07, 6.45) is -0.790. The van der Waals surface area contributed by atoms with Crippen LogP contribution < -0.4 is 5.73 Å². The van der Waals surface area contributed by atoms with Crippen LogP contribution in [0, 0.1) is 0 Å². The number of carbonyl (C=O) groups excluding carboxylic acids is 1. The molecule has 0 spiro atoms. The first-order chi connectivity index (χ1) is 9.19. The Bertz CT molecular complexity index is 697. The number of rotatable bonds is 1. The second-order valence-electron chi connectivity index (χ2n) is 5.30. The molecule has 0 unspecified atom stereocenters. The molecule has 1 aromatic heterocycles. The van der Waals surface area contributed by atoms with Gasteiger partial charge in [0.05, 0.1) is 11.0 Å². The lowest BCUT2D eigenvalue weighted by atomic mass is 10.2. The van der Waals surface area contributed by atoms with E-state index < -0.39 is 23.5 Å². The molecule has 0 aliphatic carbocycles. The van der Waals surface area contributed by atoms with Gasteiger partial charge in [0.25, 0.3) is 0 Å². The molecule has 0 aliphatic heterocycles. The van der Waals surface area contributed by atoms with E-state index in [2.05, 4.69) is 4.98 Å². The number of fused-ring (bicyclic) bond motifs is 1. The van der Waals surface area contributed by atoms with Crippen LogP contribution in [0.2, 0.25) is 0 Å². The highest BCUT2D eigenvalue weighted by Crippen LogP contribution is 2.21. The Labute approximate surface area is 115 Å². The number of nitrogen functional groups attached to an aromatic ring is 1. The van der Waals surface area contributed by atoms with Crippen LogP contribution in [-0.4, -0.2) is 32.3 Å². The zero-order valence-electron chi connectivity index (χ0n) is 11.4. The number of anilines is 1. The first-order valence-corrected chi connectivity index (χ1v) is 5.93. The zero-order chi connectivity index (χ0) is 15.1. The van der Waals surface area contributed by atoms with Gasteiger partial charge in [-0.2, -0.15) is 0 Å². The smallest absolute Gasteiger partial charge is 0.420 e. The molecular weight excluding hydrogens is 262 g/mol. The van der Waals surface area contributed by atoms with Gasteiger partial charge >= 0.3 is 12.1 Å². The fraction of sp³-hybridized carbons (Fsp3) is 0.308. The van der Waals surface area contributed by atoms with Crippen molar-refractivity contribution < 1.29 is 19.4 Å². The number of carbonyl (C=O) groups is 2. The molecule has 0 saturated heterocycles. The average molecular weight is 277 g/mol. The molecule has 0 atom stereocenters. The predicted octanol–water partition coefficient (Wildman–Crippen LogP) is 2.10. The minimum absolute atomic E-state index is 0.327. The van der Waals surface area contributed by atoms with Crippen LogP contribution >= 0.6 is 0 Å². The molecule has 1 heterocycles. The molecule has 0 fully saturated rings. The number of benzene rings is 1. The van der Waals surface area contributed by atoms with Crippen LogP contribution in [0.15, 0.2) is 18.2 Å². The lowest BCUT2D eigenvalue weighted by Crippen LogP contribution is -2.29. The highest BCUT2D eigenvalue weighted by Gasteiger charge is 2.26. The highest BCUT2D eigenvalue weighted by molar-refractivity contribution is 5.97. The summed E-state index contributed by atoms with van der Waals surface area (Å²) in [5.74, 6) is -1.72. The monoisotopic (exact) mass is 277 g/mol. The Morgan fingerprint density at radius 3 is 2.55 bits per heavy atom. The highest BCUT2D eigenvalue weighted by atomic mass is 16.6. The Balaban J connectivity index is 2.63. The number of nitrogens with zero attached hydrogens (tertiary/aromatic N) is 2. The lowest BCUT2D eigenvalue weighted by molar-refractivity contribution is 0.0509. The number of aromatic carboxylic acids is 1. The van der Waals surface area contributed by atoms with Crippen molar-refractivity contribution in [3.8, 4) is 0 Å². The predicted molar refractivity (Wildman–Crippen MR) is 72.7 cm³/mol. The molecule has 7 heteroatoms. The van der Waals surface area contributed by atoms with Crippen LogP contribution in [0.5, 0.6) is 0 Å². The summed E-state index contributed by atoms with van der Waals surface area (Å²) >= 11 is 0. The third-order valence-corrected chi connectivity index (χ3v) is 2.45. The third kappa shape index (κ3) is 2.56. The van der Waals surface area contributed by atoms with Crippen LogP contribution in [0.25, 0.3) is 11.0 Å². The van der Waals surface area contributed by atoms with Gasteiger partial charge in [-0.15, -0.1) is 0 Å². The molecule has 2 aromatic rings. The fourth-order valence-corrected chi connectivity index (χ4v) is 1.73. The largest absolute Gasteiger partial charge is 0.475 e. The summed E-state index contributed by atoms with van der Waals surface area (Å²) < 4.78 is 6.13. The van der Waals surface area contributed by atoms with E-state index in [-0.39, 0.29) is 0 Å². The molecule has 7 nitrogen and oxygen atoms in total. The number of carboxylic acid groups (broad SMARTS) is 1. The van der Waals surface area contributed by atoms with Crippen molar-refractivity contribution in [3.05, 3.63) is 24.0 Å². The van der Waals surface area contributed by atoms with E-state index in [0.717, 1.165) is 4.57 Å². The Kier molecular flexibility index (Phi) is 3.13. The summed E-state index contributed by atoms with van der Waals surface area (Å²) in [6, 6.07) is 4.60. The Hall–Kier alpha value is -2.57. The van der Waals surface area contributed by atoms with E-state index in [1.807, 2.05) is 0 Å². The molecule has 3 N–H and O–H groups in total. The van der Waals surface area contributed by atoms with Crippen molar-refractivity contribution in [1.82, 2.24) is 9.55 Å². The van der Waals surface area contributed by atoms with Gasteiger partial charge in [-0.05, 0) is 39.0 Å². The summed E-state index contributed by atoms with van der Waals surface area (Å²) in [4.78, 5) is 27.3. The maximum absolute atomic E-state index is 12.2. The van der Waals surface area contributed by atoms with Gasteiger partial charge in [0, 0.05) is 5.69 Å². The number of aromatic nitrogens is 2. The number of imidazole rings is 1. The molecular formula is C13H15N3O4. The van der Waals surface area contributed by atoms with E-state index >= 15 is 0 Å². The Morgan fingerprint density at radius 1 is 1.35 bits per heavy atom. The standard InChI is InChI=1S/C13H15N3O4/c1-13(2,3)20-12(19)16-9-5-4-7(14)6-8(9)15-10(16)11(17)18/h4-6H,14H2,1-3H3,(H,17,18). The SMILES string of the molecule is CC(C)(C)OC(=O)n1c(C(=O)O)nc2cc(N)ccc21. The van der Waals surface area contributed by atoms with E-state index in [1.54, 1.807) is 26.8 Å². The van der Waals surface area contributed by atoms with Crippen molar-refractivity contribution in [3.63, 3.8) is 0 Å². The van der Waals surface area contributed by atoms with Crippen molar-refractivity contribution in [2.24, 2.45) is 0 Å². The first-order valence-electron chi connectivity index (χ1n) is 5.93. The fourth-order valence-electron chi connectivity index (χ4n) is 1.73. The van der Waals surface area contributed by atoms with Crippen LogP contribution in [0.4, 0.5) is 10.5 Å². The summed E-state index contributed by atoms with van der Waals surface area (Å²) in [5.41, 5.74) is 5.98. The van der Waals surface area contributed by atoms with Gasteiger partial charge in [0.15, 0.2) is 0 Å². The summed E-state index contributed by atoms with van der Waals surface area (Å²) in [5, 5.41) is 9.16. The minimum Gasteiger partial charge on any atom is -0.475 e. The van der Waals surface area contributed by atoms with Crippen LogP contribution in [0.1, 0.15) is 31.4 Å². The van der Waals surface area contributed by atoms with Crippen LogP contribution in [-0.2, 0) is 4.74 Å². The number of hydrogen-bond acceptors (Lipinski definition) is 5. The number of carboxylic acids is 1. The van der Waals surface area contributed by atoms with Gasteiger partial charge in [-0.1, -0.05) is 0 Å². The molecule has 2 rings (SSSR count). The minimum atomic E-state index is -1.31. The molecule has 1 aromatic carbocycles. The molecule has 0 aliphatic rings. The van der Waals surface area contributed by atoms with E-state index in [4.69, 9.17) is 15.6 Å². The average Bonchev–Trinajstić information content (AvgIpc) is 2.64. The molecule has 0 bridgehead atoms. The van der Waals surface area contributed by atoms with E-state index in [9.17, 15) is 9.59 Å². The second kappa shape index (κ2) is 4.52. The molecule has 20 heavy (non-hydrogen) atoms. The number of hydrogen-bond donors (Lipinski definition) is 2. The molecule has 0 radical (unpaired) electrons. The number of ether oxygens (including phenoxy) is 1. The first kappa shape index (κ1) is 13.9. The van der Waals surface area contributed by atoms with Crippen LogP contribution in [0.3, 0.4) is 0 Å². The van der Waals surface area contributed by atoms with Gasteiger partial charge in [0.2, 0.25) is 5.82 Å². The van der Waals surface area contributed by atoms with Gasteiger partial charge < -0.3 is 15.6 Å². The molecule has 0 amide bonds. The quantitative estimate of drug-likeness (QED) is 0.773. The summed E-state index contributed by atoms with van der Waals surface area (Å²) in [6.45, 7) is 5.09. The van der Waals surface area contributed by atoms with Crippen molar-refractivity contribution >= 4 is 28.8 Å². The van der Waals surface area contributed by atoms with E-state index in [1.165, 1.54) is 12.1 Å². The molecule has 106 valence electrons. The number of nitrogens with two attached hydrogens (primary N) is 1.